The van der Waals surface area contributed by atoms with Crippen LogP contribution in [0.4, 0.5) is 17.6 Å². The second-order valence-corrected chi connectivity index (χ2v) is 10.9. The van der Waals surface area contributed by atoms with Crippen molar-refractivity contribution in [2.24, 2.45) is 0 Å². The average Bonchev–Trinajstić information content (AvgIpc) is 3.02. The molecule has 1 N–H and O–H groups in total. The van der Waals surface area contributed by atoms with Gasteiger partial charge in [0.2, 0.25) is 21.2 Å². The molecule has 5 rings (SSSR count). The summed E-state index contributed by atoms with van der Waals surface area (Å²) in [6, 6.07) is 9.70. The van der Waals surface area contributed by atoms with Gasteiger partial charge in [-0.1, -0.05) is 0 Å². The van der Waals surface area contributed by atoms with Gasteiger partial charge in [0.25, 0.3) is 5.91 Å². The molecule has 1 aliphatic rings. The number of rotatable bonds is 6. The Labute approximate surface area is 225 Å². The van der Waals surface area contributed by atoms with Gasteiger partial charge in [-0.3, -0.25) is 9.78 Å². The first-order chi connectivity index (χ1) is 19.0. The van der Waals surface area contributed by atoms with Gasteiger partial charge in [0, 0.05) is 29.3 Å². The molecule has 14 heteroatoms. The molecule has 0 radical (unpaired) electrons. The Morgan fingerprint density at radius 2 is 1.98 bits per heavy atom. The number of nitrogens with one attached hydrogen (secondary N) is 1. The van der Waals surface area contributed by atoms with Crippen molar-refractivity contribution < 1.29 is 40.2 Å². The highest BCUT2D eigenvalue weighted by molar-refractivity contribution is 7.92. The molecular weight excluding hydrogens is 556 g/mol. The summed E-state index contributed by atoms with van der Waals surface area (Å²) in [5.74, 6) is -2.84. The van der Waals surface area contributed by atoms with Gasteiger partial charge >= 0.3 is 6.61 Å². The predicted octanol–water partition coefficient (Wildman–Crippen LogP) is 4.52. The van der Waals surface area contributed by atoms with E-state index in [1.54, 1.807) is 37.3 Å². The maximum absolute atomic E-state index is 14.6. The van der Waals surface area contributed by atoms with Crippen molar-refractivity contribution in [3.63, 3.8) is 0 Å². The molecule has 9 nitrogen and oxygen atoms in total. The molecule has 1 atom stereocenters. The van der Waals surface area contributed by atoms with Crippen LogP contribution in [0.3, 0.4) is 0 Å². The molecule has 0 saturated carbocycles. The van der Waals surface area contributed by atoms with Crippen LogP contribution in [0.25, 0.3) is 22.2 Å². The van der Waals surface area contributed by atoms with Gasteiger partial charge in [0.05, 0.1) is 35.6 Å². The number of aryl methyl sites for hydroxylation is 1. The molecule has 0 saturated heterocycles. The standard InChI is InChI=1S/C26H20F4N4O5S/c1-13-2-4-17(25(33-13)39-26(29)30)19-5-3-14-11-31-16(10-20(14)34-19)12-32-24(35)15-8-18(27)23-21(9-15)40(36,37)22(28)6-7-38-23/h2-5,8-11,22,26H,6-7,12H2,1H3,(H,32,35)/t22-/m1/s1. The Morgan fingerprint density at radius 1 is 1.18 bits per heavy atom. The smallest absolute Gasteiger partial charge is 0.388 e. The molecular formula is C26H20F4N4O5S. The minimum absolute atomic E-state index is 0.153. The number of fused-ring (bicyclic) bond motifs is 2. The Hall–Kier alpha value is -4.33. The van der Waals surface area contributed by atoms with Crippen LogP contribution in [0.5, 0.6) is 11.6 Å². The number of hydrogen-bond acceptors (Lipinski definition) is 8. The SMILES string of the molecule is Cc1ccc(-c2ccc3cnc(CNC(=O)c4cc(F)c5c(c4)S(=O)(=O)[C@@H](F)CCO5)cc3n2)c(OC(F)F)n1. The average molecular weight is 577 g/mol. The number of pyridine rings is 3. The fraction of sp³-hybridized carbons (Fsp3) is 0.231. The molecule has 1 amide bonds. The topological polar surface area (TPSA) is 120 Å². The molecule has 0 bridgehead atoms. The largest absolute Gasteiger partial charge is 0.489 e. The summed E-state index contributed by atoms with van der Waals surface area (Å²) in [6.07, 6.45) is 1.02. The lowest BCUT2D eigenvalue weighted by atomic mass is 10.1. The minimum atomic E-state index is -4.55. The molecule has 3 aromatic heterocycles. The lowest BCUT2D eigenvalue weighted by molar-refractivity contribution is -0.0525. The fourth-order valence-corrected chi connectivity index (χ4v) is 5.47. The van der Waals surface area contributed by atoms with Gasteiger partial charge in [-0.2, -0.15) is 8.78 Å². The Morgan fingerprint density at radius 3 is 2.75 bits per heavy atom. The number of amides is 1. The minimum Gasteiger partial charge on any atom is -0.489 e. The maximum Gasteiger partial charge on any atom is 0.388 e. The van der Waals surface area contributed by atoms with E-state index < -0.39 is 50.7 Å². The lowest BCUT2D eigenvalue weighted by Crippen LogP contribution is -2.24. The zero-order valence-electron chi connectivity index (χ0n) is 20.7. The Balaban J connectivity index is 1.39. The summed E-state index contributed by atoms with van der Waals surface area (Å²) in [5, 5.41) is 3.13. The Kier molecular flexibility index (Phi) is 7.27. The van der Waals surface area contributed by atoms with Gasteiger partial charge in [0.1, 0.15) is 4.90 Å². The van der Waals surface area contributed by atoms with Crippen LogP contribution in [-0.4, -0.2) is 48.0 Å². The van der Waals surface area contributed by atoms with Crippen LogP contribution in [-0.2, 0) is 16.4 Å². The third-order valence-corrected chi connectivity index (χ3v) is 7.87. The summed E-state index contributed by atoms with van der Waals surface area (Å²) in [4.78, 5) is 24.8. The number of nitrogens with zero attached hydrogens (tertiary/aromatic N) is 3. The molecule has 0 spiro atoms. The van der Waals surface area contributed by atoms with Gasteiger partial charge in [-0.15, -0.1) is 0 Å². The third kappa shape index (κ3) is 5.39. The molecule has 0 unspecified atom stereocenters. The van der Waals surface area contributed by atoms with E-state index in [4.69, 9.17) is 4.74 Å². The Bertz CT molecular complexity index is 1740. The van der Waals surface area contributed by atoms with Crippen molar-refractivity contribution in [2.75, 3.05) is 6.61 Å². The van der Waals surface area contributed by atoms with E-state index in [-0.39, 0.29) is 30.2 Å². The number of halogens is 4. The molecule has 208 valence electrons. The highest BCUT2D eigenvalue weighted by Gasteiger charge is 2.35. The number of sulfone groups is 1. The molecule has 4 aromatic rings. The number of carbonyl (C=O) groups is 1. The summed E-state index contributed by atoms with van der Waals surface area (Å²) < 4.78 is 89.1. The summed E-state index contributed by atoms with van der Waals surface area (Å²) >= 11 is 0. The monoisotopic (exact) mass is 576 g/mol. The van der Waals surface area contributed by atoms with Crippen molar-refractivity contribution in [3.05, 3.63) is 71.4 Å². The van der Waals surface area contributed by atoms with Crippen molar-refractivity contribution in [2.45, 2.75) is 36.9 Å². The van der Waals surface area contributed by atoms with E-state index in [1.165, 1.54) is 6.20 Å². The third-order valence-electron chi connectivity index (χ3n) is 6.04. The molecule has 1 aliphatic heterocycles. The zero-order valence-corrected chi connectivity index (χ0v) is 21.5. The van der Waals surface area contributed by atoms with Crippen LogP contribution in [0.1, 0.15) is 28.2 Å². The number of aromatic nitrogens is 3. The van der Waals surface area contributed by atoms with E-state index >= 15 is 0 Å². The van der Waals surface area contributed by atoms with Crippen molar-refractivity contribution in [1.29, 1.82) is 0 Å². The van der Waals surface area contributed by atoms with Crippen molar-refractivity contribution in [3.8, 4) is 22.9 Å². The van der Waals surface area contributed by atoms with E-state index in [9.17, 15) is 30.8 Å². The predicted molar refractivity (Wildman–Crippen MR) is 134 cm³/mol. The molecule has 0 aliphatic carbocycles. The number of benzene rings is 1. The fourth-order valence-electron chi connectivity index (χ4n) is 4.08. The number of ether oxygens (including phenoxy) is 2. The van der Waals surface area contributed by atoms with Crippen LogP contribution >= 0.6 is 0 Å². The molecule has 4 heterocycles. The number of alkyl halides is 3. The van der Waals surface area contributed by atoms with Gasteiger partial charge < -0.3 is 14.8 Å². The molecule has 1 aromatic carbocycles. The van der Waals surface area contributed by atoms with E-state index in [2.05, 4.69) is 25.0 Å². The first kappa shape index (κ1) is 27.2. The van der Waals surface area contributed by atoms with Gasteiger partial charge in [-0.25, -0.2) is 27.2 Å². The van der Waals surface area contributed by atoms with Gasteiger partial charge in [-0.05, 0) is 49.4 Å². The maximum atomic E-state index is 14.6. The molecule has 40 heavy (non-hydrogen) atoms. The highest BCUT2D eigenvalue weighted by atomic mass is 32.2. The van der Waals surface area contributed by atoms with E-state index in [1.807, 2.05) is 0 Å². The van der Waals surface area contributed by atoms with Crippen molar-refractivity contribution in [1.82, 2.24) is 20.3 Å². The molecule has 0 fully saturated rings. The second kappa shape index (κ2) is 10.7. The highest BCUT2D eigenvalue weighted by Crippen LogP contribution is 2.35. The lowest BCUT2D eigenvalue weighted by Gasteiger charge is -2.12. The van der Waals surface area contributed by atoms with Crippen LogP contribution < -0.4 is 14.8 Å². The van der Waals surface area contributed by atoms with E-state index in [0.29, 0.717) is 28.0 Å². The van der Waals surface area contributed by atoms with E-state index in [0.717, 1.165) is 12.1 Å². The van der Waals surface area contributed by atoms with Crippen LogP contribution in [0.2, 0.25) is 0 Å². The van der Waals surface area contributed by atoms with Gasteiger partial charge in [0.15, 0.2) is 11.6 Å². The van der Waals surface area contributed by atoms with Crippen LogP contribution in [0.15, 0.2) is 53.6 Å². The number of hydrogen-bond donors (Lipinski definition) is 1. The van der Waals surface area contributed by atoms with Crippen LogP contribution in [0, 0.1) is 12.7 Å². The summed E-state index contributed by atoms with van der Waals surface area (Å²) in [6.45, 7) is -1.93. The first-order valence-electron chi connectivity index (χ1n) is 11.8. The van der Waals surface area contributed by atoms with Crippen molar-refractivity contribution >= 4 is 26.6 Å². The second-order valence-electron chi connectivity index (χ2n) is 8.81. The summed E-state index contributed by atoms with van der Waals surface area (Å²) in [5.41, 5.74) is -0.839. The zero-order chi connectivity index (χ0) is 28.6. The number of carbonyl (C=O) groups excluding carboxylic acids is 1. The quantitative estimate of drug-likeness (QED) is 0.333. The summed E-state index contributed by atoms with van der Waals surface area (Å²) in [7, 11) is -4.55. The first-order valence-corrected chi connectivity index (χ1v) is 13.4. The normalized spacial score (nSPS) is 16.2.